The second kappa shape index (κ2) is 12.0. The van der Waals surface area contributed by atoms with E-state index < -0.39 is 12.6 Å². The first-order valence-electron chi connectivity index (χ1n) is 12.5. The third-order valence-corrected chi connectivity index (χ3v) is 6.24. The number of alkyl halides is 3. The number of hydrogen-bond acceptors (Lipinski definition) is 4. The Morgan fingerprint density at radius 1 is 1.08 bits per heavy atom. The van der Waals surface area contributed by atoms with Crippen molar-refractivity contribution in [2.24, 2.45) is 4.99 Å². The maximum atomic E-state index is 12.9. The zero-order chi connectivity index (χ0) is 28.0. The second-order valence-electron chi connectivity index (χ2n) is 9.41. The highest BCUT2D eigenvalue weighted by Crippen LogP contribution is 2.29. The summed E-state index contributed by atoms with van der Waals surface area (Å²) in [6.07, 6.45) is -1.80. The smallest absolute Gasteiger partial charge is 0.348 e. The summed E-state index contributed by atoms with van der Waals surface area (Å²) in [6, 6.07) is 17.9. The molecule has 6 nitrogen and oxygen atoms in total. The van der Waals surface area contributed by atoms with E-state index in [1.807, 2.05) is 43.3 Å². The molecular weight excluding hydrogens is 505 g/mol. The predicted molar refractivity (Wildman–Crippen MR) is 146 cm³/mol. The van der Waals surface area contributed by atoms with Crippen LogP contribution in [0.1, 0.15) is 51.9 Å². The van der Waals surface area contributed by atoms with Crippen molar-refractivity contribution in [3.63, 3.8) is 0 Å². The third kappa shape index (κ3) is 7.80. The van der Waals surface area contributed by atoms with E-state index >= 15 is 0 Å². The van der Waals surface area contributed by atoms with Gasteiger partial charge in [-0.2, -0.15) is 13.2 Å². The lowest BCUT2D eigenvalue weighted by Gasteiger charge is -2.31. The Morgan fingerprint density at radius 2 is 1.85 bits per heavy atom. The molecule has 0 saturated carbocycles. The normalized spacial score (nSPS) is 13.6. The second-order valence-corrected chi connectivity index (χ2v) is 9.41. The molecule has 39 heavy (non-hydrogen) atoms. The average Bonchev–Trinajstić information content (AvgIpc) is 2.89. The maximum Gasteiger partial charge on any atom is 0.389 e. The minimum absolute atomic E-state index is 0.0991. The van der Waals surface area contributed by atoms with E-state index in [1.54, 1.807) is 29.2 Å². The molecule has 2 heterocycles. The van der Waals surface area contributed by atoms with Crippen LogP contribution in [0.2, 0.25) is 0 Å². The van der Waals surface area contributed by atoms with Crippen LogP contribution in [0.5, 0.6) is 0 Å². The predicted octanol–water partition coefficient (Wildman–Crippen LogP) is 6.11. The van der Waals surface area contributed by atoms with E-state index in [2.05, 4.69) is 16.9 Å². The number of aromatic nitrogens is 1. The lowest BCUT2D eigenvalue weighted by Crippen LogP contribution is -2.31. The molecule has 1 aliphatic heterocycles. The molecule has 2 N–H and O–H groups in total. The van der Waals surface area contributed by atoms with Gasteiger partial charge in [-0.05, 0) is 48.7 Å². The summed E-state index contributed by atoms with van der Waals surface area (Å²) in [6.45, 7) is 6.61. The molecule has 1 aliphatic rings. The molecule has 4 rings (SSSR count). The van der Waals surface area contributed by atoms with Gasteiger partial charge in [-0.25, -0.2) is 4.99 Å². The van der Waals surface area contributed by atoms with Gasteiger partial charge in [0, 0.05) is 55.0 Å². The van der Waals surface area contributed by atoms with Crippen molar-refractivity contribution in [2.75, 3.05) is 0 Å². The van der Waals surface area contributed by atoms with Gasteiger partial charge in [-0.15, -0.1) is 0 Å². The Kier molecular flexibility index (Phi) is 8.49. The Hall–Kier alpha value is -4.40. The highest BCUT2D eigenvalue weighted by molar-refractivity contribution is 5.95. The van der Waals surface area contributed by atoms with E-state index in [9.17, 15) is 22.8 Å². The van der Waals surface area contributed by atoms with E-state index in [0.29, 0.717) is 28.4 Å². The number of amidine groups is 1. The summed E-state index contributed by atoms with van der Waals surface area (Å²) in [7, 11) is 0. The average molecular weight is 535 g/mol. The first-order valence-corrected chi connectivity index (χ1v) is 12.5. The minimum atomic E-state index is -4.25. The standard InChI is InChI=1S/C30H29F3N4O2/c1-20-8-10-24(11-9-20)26-15-21(2)37(27(36-26)7-4-13-30(31,32)33)19-23-5-3-6-25(16-23)29(39)35-18-22-12-14-34-28(38)17-22/h3,5-6,8-12,14-17H,2,4,7,13,18-19H2,1H3,(H,34,38)(H,35,39). The molecule has 0 radical (unpaired) electrons. The van der Waals surface area contributed by atoms with Crippen LogP contribution in [0.3, 0.4) is 0 Å². The lowest BCUT2D eigenvalue weighted by molar-refractivity contribution is -0.135. The molecule has 202 valence electrons. The van der Waals surface area contributed by atoms with Crippen molar-refractivity contribution >= 4 is 17.4 Å². The van der Waals surface area contributed by atoms with Gasteiger partial charge < -0.3 is 15.2 Å². The number of H-pyrrole nitrogens is 1. The van der Waals surface area contributed by atoms with Crippen molar-refractivity contribution < 1.29 is 18.0 Å². The molecule has 0 unspecified atom stereocenters. The summed E-state index contributed by atoms with van der Waals surface area (Å²) in [5.74, 6) is 0.182. The van der Waals surface area contributed by atoms with Gasteiger partial charge in [0.25, 0.3) is 5.91 Å². The van der Waals surface area contributed by atoms with Crippen molar-refractivity contribution in [1.82, 2.24) is 15.2 Å². The van der Waals surface area contributed by atoms with E-state index in [0.717, 1.165) is 16.7 Å². The highest BCUT2D eigenvalue weighted by Gasteiger charge is 2.28. The summed E-state index contributed by atoms with van der Waals surface area (Å²) in [5, 5.41) is 2.80. The number of aliphatic imine (C=N–C) groups is 1. The molecule has 0 bridgehead atoms. The van der Waals surface area contributed by atoms with Crippen LogP contribution in [-0.4, -0.2) is 27.8 Å². The lowest BCUT2D eigenvalue weighted by atomic mass is 10.0. The fourth-order valence-electron chi connectivity index (χ4n) is 4.21. The van der Waals surface area contributed by atoms with Gasteiger partial charge >= 0.3 is 6.18 Å². The number of aryl methyl sites for hydroxylation is 1. The van der Waals surface area contributed by atoms with Crippen LogP contribution in [0.4, 0.5) is 13.2 Å². The molecule has 9 heteroatoms. The quantitative estimate of drug-likeness (QED) is 0.348. The van der Waals surface area contributed by atoms with Crippen LogP contribution in [0.15, 0.2) is 95.0 Å². The van der Waals surface area contributed by atoms with Crippen LogP contribution >= 0.6 is 0 Å². The molecule has 0 spiro atoms. The number of nitrogens with one attached hydrogen (secondary N) is 2. The molecule has 3 aromatic rings. The number of rotatable bonds is 9. The van der Waals surface area contributed by atoms with Crippen LogP contribution < -0.4 is 10.9 Å². The molecule has 1 amide bonds. The van der Waals surface area contributed by atoms with Crippen LogP contribution in [0.25, 0.3) is 5.70 Å². The zero-order valence-corrected chi connectivity index (χ0v) is 21.5. The van der Waals surface area contributed by atoms with Crippen molar-refractivity contribution in [3.05, 3.63) is 123 Å². The van der Waals surface area contributed by atoms with Gasteiger partial charge in [0.05, 0.1) is 5.70 Å². The number of carbonyl (C=O) groups is 1. The molecule has 0 aliphatic carbocycles. The van der Waals surface area contributed by atoms with Gasteiger partial charge in [-0.3, -0.25) is 9.59 Å². The molecule has 2 aromatic carbocycles. The monoisotopic (exact) mass is 534 g/mol. The van der Waals surface area contributed by atoms with Gasteiger partial charge in [0.1, 0.15) is 5.84 Å². The topological polar surface area (TPSA) is 77.6 Å². The van der Waals surface area contributed by atoms with E-state index in [4.69, 9.17) is 4.99 Å². The molecule has 1 aromatic heterocycles. The molecular formula is C30H29F3N4O2. The molecule has 0 atom stereocenters. The van der Waals surface area contributed by atoms with Gasteiger partial charge in [0.15, 0.2) is 0 Å². The minimum Gasteiger partial charge on any atom is -0.348 e. The van der Waals surface area contributed by atoms with Crippen molar-refractivity contribution in [3.8, 4) is 0 Å². The number of hydrogen-bond donors (Lipinski definition) is 2. The molecule has 0 fully saturated rings. The van der Waals surface area contributed by atoms with Crippen molar-refractivity contribution in [2.45, 2.75) is 45.5 Å². The SMILES string of the molecule is C=C1C=C(c2ccc(C)cc2)N=C(CCCC(F)(F)F)N1Cc1cccc(C(=O)NCc2cc[nH]c(=O)c2)c1. The largest absolute Gasteiger partial charge is 0.389 e. The van der Waals surface area contributed by atoms with Crippen LogP contribution in [-0.2, 0) is 13.1 Å². The van der Waals surface area contributed by atoms with Crippen molar-refractivity contribution in [1.29, 1.82) is 0 Å². The number of nitrogens with zero attached hydrogens (tertiary/aromatic N) is 2. The zero-order valence-electron chi connectivity index (χ0n) is 21.5. The summed E-state index contributed by atoms with van der Waals surface area (Å²) < 4.78 is 38.7. The van der Waals surface area contributed by atoms with Gasteiger partial charge in [0.2, 0.25) is 5.56 Å². The number of allylic oxidation sites excluding steroid dienone is 1. The Morgan fingerprint density at radius 3 is 2.56 bits per heavy atom. The number of aromatic amines is 1. The summed E-state index contributed by atoms with van der Waals surface area (Å²) in [4.78, 5) is 33.3. The number of halogens is 3. The summed E-state index contributed by atoms with van der Waals surface area (Å²) in [5.41, 5.74) is 4.81. The number of benzene rings is 2. The summed E-state index contributed by atoms with van der Waals surface area (Å²) >= 11 is 0. The number of pyridine rings is 1. The first-order chi connectivity index (χ1) is 18.6. The third-order valence-electron chi connectivity index (χ3n) is 6.24. The molecule has 0 saturated heterocycles. The van der Waals surface area contributed by atoms with Crippen LogP contribution in [0, 0.1) is 6.92 Å². The van der Waals surface area contributed by atoms with E-state index in [1.165, 1.54) is 12.3 Å². The maximum absolute atomic E-state index is 12.9. The van der Waals surface area contributed by atoms with E-state index in [-0.39, 0.29) is 37.4 Å². The number of carbonyl (C=O) groups excluding carboxylic acids is 1. The first kappa shape index (κ1) is 27.6. The highest BCUT2D eigenvalue weighted by atomic mass is 19.4. The Labute approximate surface area is 224 Å². The number of amides is 1. The fourth-order valence-corrected chi connectivity index (χ4v) is 4.21. The Bertz CT molecular complexity index is 1470. The Balaban J connectivity index is 1.51. The fraction of sp³-hybridized carbons (Fsp3) is 0.233. The van der Waals surface area contributed by atoms with Gasteiger partial charge in [-0.1, -0.05) is 48.5 Å².